The highest BCUT2D eigenvalue weighted by molar-refractivity contribution is 8.00. The highest BCUT2D eigenvalue weighted by Gasteiger charge is 2.58. The first kappa shape index (κ1) is 24.1. The van der Waals surface area contributed by atoms with Crippen LogP contribution in [-0.4, -0.2) is 57.1 Å². The summed E-state index contributed by atoms with van der Waals surface area (Å²) in [7, 11) is 0. The fraction of sp³-hybridized carbons (Fsp3) is 0.250. The summed E-state index contributed by atoms with van der Waals surface area (Å²) in [6, 6.07) is 26.1. The molecule has 0 saturated carbocycles. The van der Waals surface area contributed by atoms with Gasteiger partial charge in [0.2, 0.25) is 11.8 Å². The van der Waals surface area contributed by atoms with Gasteiger partial charge in [-0.05, 0) is 16.7 Å². The Hall–Kier alpha value is -3.62. The van der Waals surface area contributed by atoms with E-state index in [9.17, 15) is 19.5 Å². The lowest BCUT2D eigenvalue weighted by molar-refractivity contribution is -0.173. The van der Waals surface area contributed by atoms with E-state index in [1.807, 2.05) is 91.0 Å². The molecule has 5 rings (SSSR count). The number of thioether (sulfide) groups is 1. The van der Waals surface area contributed by atoms with Gasteiger partial charge in [-0.15, -0.1) is 11.8 Å². The fourth-order valence-electron chi connectivity index (χ4n) is 4.61. The highest BCUT2D eigenvalue weighted by atomic mass is 32.2. The summed E-state index contributed by atoms with van der Waals surface area (Å²) in [5.41, 5.74) is 2.42. The molecule has 3 aromatic carbocycles. The number of esters is 1. The number of ether oxygens (including phenoxy) is 1. The number of hydrogen-bond acceptors (Lipinski definition) is 6. The number of β-lactam (4-membered cyclic amide) rings is 1. The molecule has 2 aliphatic rings. The molecular formula is C28H26N2O5S. The van der Waals surface area contributed by atoms with Crippen LogP contribution < -0.4 is 5.32 Å². The fourth-order valence-corrected chi connectivity index (χ4v) is 5.96. The summed E-state index contributed by atoms with van der Waals surface area (Å²) < 4.78 is 5.94. The Morgan fingerprint density at radius 1 is 0.944 bits per heavy atom. The minimum atomic E-state index is -1.14. The largest absolute Gasteiger partial charge is 0.451 e. The van der Waals surface area contributed by atoms with Crippen LogP contribution in [0, 0.1) is 0 Å². The normalized spacial score (nSPS) is 22.9. The van der Waals surface area contributed by atoms with Crippen molar-refractivity contribution in [2.45, 2.75) is 36.1 Å². The summed E-state index contributed by atoms with van der Waals surface area (Å²) in [6.07, 6.45) is -1.60. The van der Waals surface area contributed by atoms with E-state index in [2.05, 4.69) is 5.32 Å². The van der Waals surface area contributed by atoms with E-state index in [4.69, 9.17) is 4.74 Å². The van der Waals surface area contributed by atoms with Gasteiger partial charge < -0.3 is 20.1 Å². The third kappa shape index (κ3) is 4.87. The van der Waals surface area contributed by atoms with Gasteiger partial charge >= 0.3 is 5.97 Å². The van der Waals surface area contributed by atoms with E-state index >= 15 is 0 Å². The Balaban J connectivity index is 1.30. The number of aliphatic hydroxyl groups excluding tert-OH is 1. The van der Waals surface area contributed by atoms with Crippen molar-refractivity contribution in [3.8, 4) is 0 Å². The quantitative estimate of drug-likeness (QED) is 0.381. The molecule has 2 fully saturated rings. The molecule has 2 saturated heterocycles. The monoisotopic (exact) mass is 502 g/mol. The van der Waals surface area contributed by atoms with Gasteiger partial charge in [0.05, 0.1) is 12.5 Å². The number of nitrogens with zero attached hydrogens (tertiary/aromatic N) is 1. The van der Waals surface area contributed by atoms with Crippen LogP contribution in [0.15, 0.2) is 91.0 Å². The van der Waals surface area contributed by atoms with Crippen LogP contribution >= 0.6 is 11.8 Å². The van der Waals surface area contributed by atoms with E-state index in [1.54, 1.807) is 0 Å². The summed E-state index contributed by atoms with van der Waals surface area (Å²) in [5.74, 6) is -1.09. The lowest BCUT2D eigenvalue weighted by Gasteiger charge is -2.53. The van der Waals surface area contributed by atoms with Crippen LogP contribution in [0.1, 0.15) is 22.8 Å². The molecule has 2 heterocycles. The van der Waals surface area contributed by atoms with Crippen molar-refractivity contribution in [2.24, 2.45) is 0 Å². The van der Waals surface area contributed by atoms with E-state index in [0.717, 1.165) is 16.7 Å². The highest BCUT2D eigenvalue weighted by Crippen LogP contribution is 2.39. The predicted octanol–water partition coefficient (Wildman–Crippen LogP) is 2.69. The lowest BCUT2D eigenvalue weighted by Crippen LogP contribution is -2.76. The molecule has 2 aliphatic heterocycles. The first-order valence-electron chi connectivity index (χ1n) is 11.8. The van der Waals surface area contributed by atoms with Crippen LogP contribution in [0.2, 0.25) is 0 Å². The number of carbonyl (C=O) groups is 3. The molecule has 2 amide bonds. The summed E-state index contributed by atoms with van der Waals surface area (Å²) >= 11 is 1.35. The minimum absolute atomic E-state index is 0.159. The van der Waals surface area contributed by atoms with E-state index in [-0.39, 0.29) is 18.1 Å². The first-order valence-corrected chi connectivity index (χ1v) is 12.8. The van der Waals surface area contributed by atoms with E-state index < -0.39 is 41.5 Å². The molecule has 7 nitrogen and oxygen atoms in total. The van der Waals surface area contributed by atoms with Gasteiger partial charge in [-0.3, -0.25) is 9.59 Å². The maximum absolute atomic E-state index is 13.4. The number of amides is 2. The second-order valence-corrected chi connectivity index (χ2v) is 9.98. The third-order valence-electron chi connectivity index (χ3n) is 6.39. The Kier molecular flexibility index (Phi) is 7.06. The van der Waals surface area contributed by atoms with E-state index in [0.29, 0.717) is 0 Å². The molecule has 3 aromatic rings. The number of hydrogen-bond donors (Lipinski definition) is 2. The summed E-state index contributed by atoms with van der Waals surface area (Å²) in [6.45, 7) is 0. The minimum Gasteiger partial charge on any atom is -0.451 e. The van der Waals surface area contributed by atoms with Gasteiger partial charge in [-0.25, -0.2) is 4.79 Å². The Morgan fingerprint density at radius 2 is 1.50 bits per heavy atom. The zero-order chi connectivity index (χ0) is 25.1. The average Bonchev–Trinajstić information content (AvgIpc) is 2.91. The molecule has 0 radical (unpaired) electrons. The molecule has 0 bridgehead atoms. The van der Waals surface area contributed by atoms with Crippen LogP contribution in [0.3, 0.4) is 0 Å². The van der Waals surface area contributed by atoms with Crippen LogP contribution in [0.5, 0.6) is 0 Å². The number of aliphatic hydroxyl groups is 1. The number of fused-ring (bicyclic) bond motifs is 1. The summed E-state index contributed by atoms with van der Waals surface area (Å²) in [4.78, 5) is 40.3. The standard InChI is InChI=1S/C28H26N2O5S/c31-21-17-36-27-23(29-22(32)16-18-10-4-1-5-11-18)26(33)30(27)24(21)28(34)35-25(19-12-6-2-7-13-19)20-14-8-3-9-15-20/h1-15,21,23-25,27,31H,16-17H2,(H,29,32)/t21?,23?,24?,27-/m1/s1. The summed E-state index contributed by atoms with van der Waals surface area (Å²) in [5, 5.41) is 13.0. The molecule has 36 heavy (non-hydrogen) atoms. The van der Waals surface area contributed by atoms with Gasteiger partial charge in [-0.2, -0.15) is 0 Å². The van der Waals surface area contributed by atoms with Crippen molar-refractivity contribution < 1.29 is 24.2 Å². The molecule has 0 aliphatic carbocycles. The number of nitrogens with one attached hydrogen (secondary N) is 1. The molecule has 3 unspecified atom stereocenters. The molecule has 4 atom stereocenters. The van der Waals surface area contributed by atoms with Crippen molar-refractivity contribution >= 4 is 29.5 Å². The predicted molar refractivity (Wildman–Crippen MR) is 136 cm³/mol. The number of carbonyl (C=O) groups excluding carboxylic acids is 3. The molecule has 0 aromatic heterocycles. The molecule has 8 heteroatoms. The first-order chi connectivity index (χ1) is 17.5. The molecule has 184 valence electrons. The van der Waals surface area contributed by atoms with Crippen molar-refractivity contribution in [1.82, 2.24) is 10.2 Å². The van der Waals surface area contributed by atoms with Crippen LogP contribution in [0.25, 0.3) is 0 Å². The second kappa shape index (κ2) is 10.6. The van der Waals surface area contributed by atoms with Crippen molar-refractivity contribution in [3.63, 3.8) is 0 Å². The topological polar surface area (TPSA) is 95.9 Å². The third-order valence-corrected chi connectivity index (χ3v) is 7.76. The molecule has 2 N–H and O–H groups in total. The Morgan fingerprint density at radius 3 is 2.08 bits per heavy atom. The van der Waals surface area contributed by atoms with Gasteiger partial charge in [0.25, 0.3) is 0 Å². The SMILES string of the molecule is O=C(Cc1ccccc1)NC1C(=O)N2C(C(=O)OC(c3ccccc3)c3ccccc3)C(O)CS[C@H]12. The lowest BCUT2D eigenvalue weighted by atomic mass is 9.98. The average molecular weight is 503 g/mol. The van der Waals surface area contributed by atoms with Crippen LogP contribution in [-0.2, 0) is 25.5 Å². The van der Waals surface area contributed by atoms with Crippen LogP contribution in [0.4, 0.5) is 0 Å². The smallest absolute Gasteiger partial charge is 0.332 e. The van der Waals surface area contributed by atoms with E-state index in [1.165, 1.54) is 16.7 Å². The molecule has 0 spiro atoms. The maximum atomic E-state index is 13.4. The number of benzene rings is 3. The van der Waals surface area contributed by atoms with Crippen molar-refractivity contribution in [3.05, 3.63) is 108 Å². The molecular weight excluding hydrogens is 476 g/mol. The Labute approximate surface area is 213 Å². The zero-order valence-corrected chi connectivity index (χ0v) is 20.2. The number of rotatable bonds is 7. The van der Waals surface area contributed by atoms with Crippen molar-refractivity contribution in [2.75, 3.05) is 5.75 Å². The second-order valence-electron chi connectivity index (χ2n) is 8.83. The van der Waals surface area contributed by atoms with Gasteiger partial charge in [0.15, 0.2) is 12.1 Å². The Bertz CT molecular complexity index is 1180. The van der Waals surface area contributed by atoms with Gasteiger partial charge in [-0.1, -0.05) is 91.0 Å². The van der Waals surface area contributed by atoms with Crippen molar-refractivity contribution in [1.29, 1.82) is 0 Å². The van der Waals surface area contributed by atoms with Gasteiger partial charge in [0, 0.05) is 5.75 Å². The van der Waals surface area contributed by atoms with Gasteiger partial charge in [0.1, 0.15) is 11.4 Å². The zero-order valence-electron chi connectivity index (χ0n) is 19.4. The maximum Gasteiger partial charge on any atom is 0.332 e.